The van der Waals surface area contributed by atoms with Gasteiger partial charge in [0.2, 0.25) is 11.6 Å². The molecule has 1 aromatic carbocycles. The number of aromatic nitrogens is 1. The zero-order valence-corrected chi connectivity index (χ0v) is 13.5. The first kappa shape index (κ1) is 18.7. The van der Waals surface area contributed by atoms with E-state index in [0.29, 0.717) is 0 Å². The second kappa shape index (κ2) is 7.11. The van der Waals surface area contributed by atoms with E-state index in [1.807, 2.05) is 0 Å². The minimum Gasteiger partial charge on any atom is -0.505 e. The molecule has 0 saturated carbocycles. The van der Waals surface area contributed by atoms with Crippen LogP contribution in [-0.2, 0) is 6.54 Å². The van der Waals surface area contributed by atoms with Gasteiger partial charge in [-0.05, 0) is 19.1 Å². The third kappa shape index (κ3) is 3.15. The smallest absolute Gasteiger partial charge is 0.332 e. The van der Waals surface area contributed by atoms with Crippen molar-refractivity contribution in [3.05, 3.63) is 39.7 Å². The van der Waals surface area contributed by atoms with Crippen LogP contribution in [0, 0.1) is 0 Å². The first-order valence-corrected chi connectivity index (χ1v) is 7.35. The monoisotopic (exact) mass is 367 g/mol. The van der Waals surface area contributed by atoms with Crippen molar-refractivity contribution in [2.45, 2.75) is 13.5 Å². The number of phenols is 1. The summed E-state index contributed by atoms with van der Waals surface area (Å²) in [4.78, 5) is 23.5. The zero-order chi connectivity index (χ0) is 19.6. The molecule has 0 fully saturated rings. The minimum atomic E-state index is -1.44. The van der Waals surface area contributed by atoms with E-state index in [2.05, 4.69) is 5.32 Å². The molecule has 11 heteroatoms. The molecule has 1 heterocycles. The summed E-state index contributed by atoms with van der Waals surface area (Å²) in [5.41, 5.74) is -2.18. The van der Waals surface area contributed by atoms with Crippen LogP contribution in [0.3, 0.4) is 0 Å². The summed E-state index contributed by atoms with van der Waals surface area (Å²) in [7, 11) is 0. The lowest BCUT2D eigenvalue weighted by molar-refractivity contribution is 0.0945. The Morgan fingerprint density at radius 1 is 1.15 bits per heavy atom. The SMILES string of the molecule is CCN(O)c1cccc(C(=O)NCc2c(O)c(O)c(=O)n(O)c2O)c1O. The van der Waals surface area contributed by atoms with Gasteiger partial charge in [-0.3, -0.25) is 19.9 Å². The Hall–Kier alpha value is -3.60. The molecular weight excluding hydrogens is 350 g/mol. The van der Waals surface area contributed by atoms with Crippen LogP contribution < -0.4 is 15.9 Å². The number of amides is 1. The lowest BCUT2D eigenvalue weighted by Gasteiger charge is -2.17. The number of phenolic OH excluding ortho intramolecular Hbond substituents is 1. The van der Waals surface area contributed by atoms with Gasteiger partial charge in [0.1, 0.15) is 5.69 Å². The number of anilines is 1. The molecular formula is C15H17N3O8. The predicted octanol–water partition coefficient (Wildman–Crippen LogP) is 0.0535. The van der Waals surface area contributed by atoms with Crippen LogP contribution in [0.4, 0.5) is 5.69 Å². The normalized spacial score (nSPS) is 10.5. The van der Waals surface area contributed by atoms with E-state index in [-0.39, 0.29) is 22.5 Å². The molecule has 26 heavy (non-hydrogen) atoms. The fraction of sp³-hybridized carbons (Fsp3) is 0.200. The maximum Gasteiger partial charge on any atom is 0.332 e. The van der Waals surface area contributed by atoms with Gasteiger partial charge < -0.3 is 31.0 Å². The van der Waals surface area contributed by atoms with Gasteiger partial charge in [-0.2, -0.15) is 0 Å². The Labute approximate surface area is 146 Å². The maximum atomic E-state index is 12.2. The van der Waals surface area contributed by atoms with Crippen LogP contribution in [0.2, 0.25) is 0 Å². The average molecular weight is 367 g/mol. The van der Waals surface area contributed by atoms with Crippen molar-refractivity contribution in [3.8, 4) is 23.1 Å². The van der Waals surface area contributed by atoms with E-state index < -0.39 is 46.7 Å². The fourth-order valence-electron chi connectivity index (χ4n) is 2.19. The first-order valence-electron chi connectivity index (χ1n) is 7.35. The lowest BCUT2D eigenvalue weighted by atomic mass is 10.1. The second-order valence-electron chi connectivity index (χ2n) is 5.19. The van der Waals surface area contributed by atoms with Crippen molar-refractivity contribution < 1.29 is 35.6 Å². The molecule has 0 aliphatic heterocycles. The van der Waals surface area contributed by atoms with E-state index in [4.69, 9.17) is 0 Å². The van der Waals surface area contributed by atoms with Gasteiger partial charge in [-0.1, -0.05) is 6.07 Å². The molecule has 0 aliphatic rings. The van der Waals surface area contributed by atoms with Crippen molar-refractivity contribution >= 4 is 11.6 Å². The van der Waals surface area contributed by atoms with Crippen molar-refractivity contribution in [2.75, 3.05) is 11.6 Å². The standard InChI is InChI=1S/C15H17N3O8/c1-2-17(25)9-5-3-4-7(10(9)19)13(22)16-6-8-11(20)12(21)15(24)18(26)14(8)23/h3-5,19-21,23,25-26H,2,6H2,1H3,(H,16,22). The summed E-state index contributed by atoms with van der Waals surface area (Å²) in [5, 5.41) is 60.9. The minimum absolute atomic E-state index is 0.00704. The van der Waals surface area contributed by atoms with Gasteiger partial charge in [0, 0.05) is 6.54 Å². The molecule has 0 bridgehead atoms. The first-order chi connectivity index (χ1) is 12.2. The van der Waals surface area contributed by atoms with E-state index in [9.17, 15) is 40.4 Å². The highest BCUT2D eigenvalue weighted by atomic mass is 16.5. The third-order valence-corrected chi connectivity index (χ3v) is 3.64. The molecule has 140 valence electrons. The number of carbonyl (C=O) groups excluding carboxylic acids is 1. The Kier molecular flexibility index (Phi) is 5.12. The summed E-state index contributed by atoms with van der Waals surface area (Å²) in [6.45, 7) is 1.18. The number of carbonyl (C=O) groups is 1. The Balaban J connectivity index is 2.30. The number of para-hydroxylation sites is 1. The van der Waals surface area contributed by atoms with Crippen molar-refractivity contribution in [2.24, 2.45) is 0 Å². The van der Waals surface area contributed by atoms with E-state index >= 15 is 0 Å². The Morgan fingerprint density at radius 3 is 2.42 bits per heavy atom. The van der Waals surface area contributed by atoms with Crippen molar-refractivity contribution in [1.29, 1.82) is 0 Å². The number of nitrogens with zero attached hydrogens (tertiary/aromatic N) is 2. The molecule has 0 atom stereocenters. The van der Waals surface area contributed by atoms with Crippen LogP contribution in [0.15, 0.2) is 23.0 Å². The van der Waals surface area contributed by atoms with Crippen LogP contribution in [0.1, 0.15) is 22.8 Å². The van der Waals surface area contributed by atoms with Crippen molar-refractivity contribution in [3.63, 3.8) is 0 Å². The average Bonchev–Trinajstić information content (AvgIpc) is 2.64. The highest BCUT2D eigenvalue weighted by Gasteiger charge is 2.22. The molecule has 0 unspecified atom stereocenters. The number of benzene rings is 1. The molecule has 11 nitrogen and oxygen atoms in total. The van der Waals surface area contributed by atoms with E-state index in [1.165, 1.54) is 18.2 Å². The molecule has 1 aromatic heterocycles. The highest BCUT2D eigenvalue weighted by molar-refractivity contribution is 5.98. The summed E-state index contributed by atoms with van der Waals surface area (Å²) in [6.07, 6.45) is 0. The Bertz CT molecular complexity index is 876. The van der Waals surface area contributed by atoms with Gasteiger partial charge >= 0.3 is 5.56 Å². The third-order valence-electron chi connectivity index (χ3n) is 3.64. The molecule has 2 aromatic rings. The summed E-state index contributed by atoms with van der Waals surface area (Å²) in [6, 6.07) is 4.06. The van der Waals surface area contributed by atoms with Crippen LogP contribution in [0.25, 0.3) is 0 Å². The molecule has 7 N–H and O–H groups in total. The number of nitrogens with one attached hydrogen (secondary N) is 1. The topological polar surface area (TPSA) is 176 Å². The predicted molar refractivity (Wildman–Crippen MR) is 87.0 cm³/mol. The van der Waals surface area contributed by atoms with Crippen LogP contribution >= 0.6 is 0 Å². The van der Waals surface area contributed by atoms with Gasteiger partial charge in [-0.25, -0.2) is 0 Å². The van der Waals surface area contributed by atoms with Gasteiger partial charge in [0.15, 0.2) is 11.5 Å². The second-order valence-corrected chi connectivity index (χ2v) is 5.19. The number of aromatic hydroxyl groups is 4. The zero-order valence-electron chi connectivity index (χ0n) is 13.5. The maximum absolute atomic E-state index is 12.2. The largest absolute Gasteiger partial charge is 0.505 e. The van der Waals surface area contributed by atoms with Gasteiger partial charge in [0.25, 0.3) is 5.91 Å². The number of pyridine rings is 1. The number of hydrogen-bond acceptors (Lipinski definition) is 9. The highest BCUT2D eigenvalue weighted by Crippen LogP contribution is 2.32. The van der Waals surface area contributed by atoms with E-state index in [0.717, 1.165) is 5.06 Å². The molecule has 0 saturated heterocycles. The van der Waals surface area contributed by atoms with Crippen LogP contribution in [-0.4, -0.2) is 48.0 Å². The van der Waals surface area contributed by atoms with Crippen molar-refractivity contribution in [1.82, 2.24) is 10.0 Å². The Morgan fingerprint density at radius 2 is 1.81 bits per heavy atom. The molecule has 2 rings (SSSR count). The van der Waals surface area contributed by atoms with Gasteiger partial charge in [-0.15, -0.1) is 4.73 Å². The molecule has 0 radical (unpaired) electrons. The molecule has 1 amide bonds. The summed E-state index contributed by atoms with van der Waals surface area (Å²) in [5.74, 6) is -4.64. The molecule has 0 spiro atoms. The number of hydroxylamine groups is 1. The quantitative estimate of drug-likeness (QED) is 0.284. The lowest BCUT2D eigenvalue weighted by Crippen LogP contribution is -2.26. The summed E-state index contributed by atoms with van der Waals surface area (Å²) < 4.78 is -0.292. The summed E-state index contributed by atoms with van der Waals surface area (Å²) >= 11 is 0. The van der Waals surface area contributed by atoms with Gasteiger partial charge in [0.05, 0.1) is 17.7 Å². The van der Waals surface area contributed by atoms with E-state index in [1.54, 1.807) is 6.92 Å². The fourth-order valence-corrected chi connectivity index (χ4v) is 2.19. The van der Waals surface area contributed by atoms with Crippen LogP contribution in [0.5, 0.6) is 23.1 Å². The molecule has 0 aliphatic carbocycles. The number of hydrogen-bond donors (Lipinski definition) is 7. The number of rotatable bonds is 5.